The molecule has 6 heterocycles. The molecule has 13 heteroatoms. The number of hydrogen-bond acceptors (Lipinski definition) is 7. The van der Waals surface area contributed by atoms with Gasteiger partial charge >= 0.3 is 18.0 Å². The molecule has 0 spiro atoms. The number of aryl methyl sites for hydroxylation is 1. The first kappa shape index (κ1) is 21.9. The van der Waals surface area contributed by atoms with Crippen LogP contribution in [0.5, 0.6) is 0 Å². The molecule has 6 rings (SSSR count). The summed E-state index contributed by atoms with van der Waals surface area (Å²) in [5, 5.41) is 12.2. The summed E-state index contributed by atoms with van der Waals surface area (Å²) in [6.45, 7) is 2.02. The molecule has 0 aromatic carbocycles. The zero-order chi connectivity index (χ0) is 25.0. The van der Waals surface area contributed by atoms with E-state index in [2.05, 4.69) is 30.2 Å². The van der Waals surface area contributed by atoms with Crippen molar-refractivity contribution in [2.45, 2.75) is 25.6 Å². The van der Waals surface area contributed by atoms with Crippen LogP contribution in [-0.2, 0) is 12.6 Å². The number of H-pyrrole nitrogens is 1. The van der Waals surface area contributed by atoms with E-state index >= 15 is 0 Å². The van der Waals surface area contributed by atoms with Crippen molar-refractivity contribution in [1.82, 2.24) is 39.7 Å². The molecule has 0 saturated carbocycles. The first-order valence-electron chi connectivity index (χ1n) is 11.0. The van der Waals surface area contributed by atoms with Crippen molar-refractivity contribution in [2.75, 3.05) is 6.54 Å². The topological polar surface area (TPSA) is 118 Å². The Hall–Kier alpha value is -4.55. The number of halogens is 3. The Morgan fingerprint density at radius 2 is 2.03 bits per heavy atom. The molecular weight excluding hydrogens is 477 g/mol. The van der Waals surface area contributed by atoms with Crippen LogP contribution in [0.4, 0.5) is 13.2 Å². The van der Waals surface area contributed by atoms with Gasteiger partial charge in [0.15, 0.2) is 0 Å². The lowest BCUT2D eigenvalue weighted by molar-refractivity contribution is -0.142. The molecule has 0 radical (unpaired) electrons. The van der Waals surface area contributed by atoms with Gasteiger partial charge in [-0.25, -0.2) is 9.50 Å². The van der Waals surface area contributed by atoms with Crippen molar-refractivity contribution in [3.63, 3.8) is 0 Å². The van der Waals surface area contributed by atoms with E-state index in [1.807, 2.05) is 0 Å². The van der Waals surface area contributed by atoms with Gasteiger partial charge in [0.1, 0.15) is 11.7 Å². The van der Waals surface area contributed by atoms with Gasteiger partial charge in [-0.15, -0.1) is 10.2 Å². The van der Waals surface area contributed by atoms with Gasteiger partial charge in [-0.2, -0.15) is 18.3 Å². The van der Waals surface area contributed by atoms with E-state index < -0.39 is 23.8 Å². The largest absolute Gasteiger partial charge is 0.433 e. The van der Waals surface area contributed by atoms with Gasteiger partial charge < -0.3 is 14.3 Å². The minimum Gasteiger partial charge on any atom is -0.412 e. The van der Waals surface area contributed by atoms with Crippen molar-refractivity contribution in [1.29, 1.82) is 0 Å². The third-order valence-corrected chi connectivity index (χ3v) is 6.11. The number of fused-ring (bicyclic) bond motifs is 2. The molecule has 1 N–H and O–H groups in total. The van der Waals surface area contributed by atoms with Gasteiger partial charge in [-0.3, -0.25) is 9.78 Å². The molecule has 0 unspecified atom stereocenters. The number of hydrogen-bond donors (Lipinski definition) is 1. The molecule has 10 nitrogen and oxygen atoms in total. The van der Waals surface area contributed by atoms with E-state index in [4.69, 9.17) is 4.42 Å². The van der Waals surface area contributed by atoms with E-state index in [0.717, 1.165) is 16.3 Å². The summed E-state index contributed by atoms with van der Waals surface area (Å²) in [6.07, 6.45) is -1.03. The second-order valence-corrected chi connectivity index (χ2v) is 8.28. The van der Waals surface area contributed by atoms with Crippen LogP contribution in [0, 0.1) is 6.92 Å². The fourth-order valence-corrected chi connectivity index (χ4v) is 4.43. The standard InChI is InChI=1S/C23H17F3N8O2/c1-12-14(5-3-8-27-12)20-30-31-21(36-20)22(35)33-9-7-15-18(29-11-28-15)19(33)16-10-13-4-2-6-17(23(24,25)26)34(13)32-16/h2-6,8,10-11,19H,7,9H2,1H3,(H,28,29)/t19-/m0/s1. The van der Waals surface area contributed by atoms with Gasteiger partial charge in [-0.1, -0.05) is 6.07 Å². The van der Waals surface area contributed by atoms with Crippen LogP contribution < -0.4 is 0 Å². The maximum absolute atomic E-state index is 13.6. The number of alkyl halides is 3. The molecule has 36 heavy (non-hydrogen) atoms. The molecule has 1 aliphatic rings. The van der Waals surface area contributed by atoms with Crippen LogP contribution in [-0.4, -0.2) is 52.1 Å². The van der Waals surface area contributed by atoms with Gasteiger partial charge in [0, 0.05) is 30.6 Å². The number of rotatable bonds is 3. The maximum Gasteiger partial charge on any atom is 0.433 e. The SMILES string of the molecule is Cc1ncccc1-c1nnc(C(=O)N2CCc3[nH]cnc3[C@@H]2c2cc3cccc(C(F)(F)F)n3n2)o1. The second kappa shape index (κ2) is 8.00. The van der Waals surface area contributed by atoms with Crippen LogP contribution in [0.1, 0.15) is 45.2 Å². The van der Waals surface area contributed by atoms with Crippen LogP contribution >= 0.6 is 0 Å². The fourth-order valence-electron chi connectivity index (χ4n) is 4.43. The zero-order valence-corrected chi connectivity index (χ0v) is 18.7. The van der Waals surface area contributed by atoms with E-state index in [1.54, 1.807) is 25.3 Å². The lowest BCUT2D eigenvalue weighted by Crippen LogP contribution is -2.41. The van der Waals surface area contributed by atoms with E-state index in [9.17, 15) is 18.0 Å². The number of carbonyl (C=O) groups is 1. The average Bonchev–Trinajstić information content (AvgIpc) is 3.61. The molecule has 5 aromatic heterocycles. The van der Waals surface area contributed by atoms with Crippen LogP contribution in [0.15, 0.2) is 53.3 Å². The van der Waals surface area contributed by atoms with Gasteiger partial charge in [0.05, 0.1) is 28.8 Å². The molecule has 1 atom stereocenters. The highest BCUT2D eigenvalue weighted by Crippen LogP contribution is 2.36. The van der Waals surface area contributed by atoms with Gasteiger partial charge in [0.25, 0.3) is 0 Å². The normalized spacial score (nSPS) is 15.9. The maximum atomic E-state index is 13.6. The summed E-state index contributed by atoms with van der Waals surface area (Å²) in [4.78, 5) is 26.6. The van der Waals surface area contributed by atoms with E-state index in [-0.39, 0.29) is 29.5 Å². The predicted octanol–water partition coefficient (Wildman–Crippen LogP) is 3.62. The lowest BCUT2D eigenvalue weighted by Gasteiger charge is -2.32. The minimum absolute atomic E-state index is 0.139. The first-order chi connectivity index (χ1) is 17.3. The summed E-state index contributed by atoms with van der Waals surface area (Å²) in [7, 11) is 0. The highest BCUT2D eigenvalue weighted by Gasteiger charge is 2.39. The number of aromatic amines is 1. The number of carbonyl (C=O) groups excluding carboxylic acids is 1. The third-order valence-electron chi connectivity index (χ3n) is 6.11. The van der Waals surface area contributed by atoms with Crippen molar-refractivity contribution < 1.29 is 22.4 Å². The smallest absolute Gasteiger partial charge is 0.412 e. The summed E-state index contributed by atoms with van der Waals surface area (Å²) in [6, 6.07) is 7.91. The summed E-state index contributed by atoms with van der Waals surface area (Å²) in [5.74, 6) is -0.695. The Labute approximate surface area is 200 Å². The number of nitrogens with zero attached hydrogens (tertiary/aromatic N) is 7. The Balaban J connectivity index is 1.42. The van der Waals surface area contributed by atoms with Crippen molar-refractivity contribution in [3.8, 4) is 11.5 Å². The molecule has 0 aliphatic carbocycles. The molecular formula is C23H17F3N8O2. The van der Waals surface area contributed by atoms with Crippen molar-refractivity contribution >= 4 is 11.4 Å². The zero-order valence-electron chi connectivity index (χ0n) is 18.7. The summed E-state index contributed by atoms with van der Waals surface area (Å²) >= 11 is 0. The minimum atomic E-state index is -4.60. The van der Waals surface area contributed by atoms with E-state index in [0.29, 0.717) is 23.4 Å². The third kappa shape index (κ3) is 3.51. The quantitative estimate of drug-likeness (QED) is 0.407. The monoisotopic (exact) mass is 494 g/mol. The highest BCUT2D eigenvalue weighted by molar-refractivity contribution is 5.90. The van der Waals surface area contributed by atoms with Crippen molar-refractivity contribution in [2.24, 2.45) is 0 Å². The van der Waals surface area contributed by atoms with Crippen molar-refractivity contribution in [3.05, 3.63) is 83.3 Å². The molecule has 1 aliphatic heterocycles. The molecule has 182 valence electrons. The highest BCUT2D eigenvalue weighted by atomic mass is 19.4. The Morgan fingerprint density at radius 1 is 1.17 bits per heavy atom. The van der Waals surface area contributed by atoms with Gasteiger partial charge in [0.2, 0.25) is 5.89 Å². The number of nitrogens with one attached hydrogen (secondary N) is 1. The molecule has 1 amide bonds. The van der Waals surface area contributed by atoms with Gasteiger partial charge in [-0.05, 0) is 37.3 Å². The Kier molecular flexibility index (Phi) is 4.88. The number of pyridine rings is 2. The Morgan fingerprint density at radius 3 is 2.83 bits per heavy atom. The number of imidazole rings is 1. The molecule has 0 fully saturated rings. The molecule has 0 saturated heterocycles. The Bertz CT molecular complexity index is 1600. The first-order valence-corrected chi connectivity index (χ1v) is 11.0. The molecule has 0 bridgehead atoms. The number of aromatic nitrogens is 7. The van der Waals surface area contributed by atoms with Crippen LogP contribution in [0.25, 0.3) is 17.0 Å². The summed E-state index contributed by atoms with van der Waals surface area (Å²) < 4.78 is 47.3. The van der Waals surface area contributed by atoms with Crippen LogP contribution in [0.3, 0.4) is 0 Å². The number of amides is 1. The van der Waals surface area contributed by atoms with E-state index in [1.165, 1.54) is 29.4 Å². The summed E-state index contributed by atoms with van der Waals surface area (Å²) in [5.41, 5.74) is 2.06. The average molecular weight is 494 g/mol. The van der Waals surface area contributed by atoms with Crippen LogP contribution in [0.2, 0.25) is 0 Å². The predicted molar refractivity (Wildman–Crippen MR) is 118 cm³/mol. The molecule has 5 aromatic rings. The fraction of sp³-hybridized carbons (Fsp3) is 0.217. The lowest BCUT2D eigenvalue weighted by atomic mass is 9.99. The second-order valence-electron chi connectivity index (χ2n) is 8.28.